The molecule has 0 atom stereocenters. The van der Waals surface area contributed by atoms with Crippen molar-refractivity contribution in [2.24, 2.45) is 0 Å². The maximum Gasteiger partial charge on any atom is 0.253 e. The summed E-state index contributed by atoms with van der Waals surface area (Å²) in [6.45, 7) is 3.88. The van der Waals surface area contributed by atoms with E-state index in [0.29, 0.717) is 12.2 Å². The van der Waals surface area contributed by atoms with Crippen LogP contribution in [0.2, 0.25) is 0 Å². The smallest absolute Gasteiger partial charge is 0.253 e. The zero-order valence-corrected chi connectivity index (χ0v) is 14.0. The second kappa shape index (κ2) is 6.84. The highest BCUT2D eigenvalue weighted by Gasteiger charge is 2.15. The number of aliphatic hydroxyl groups is 1. The first-order valence-electron chi connectivity index (χ1n) is 7.53. The Morgan fingerprint density at radius 1 is 1.13 bits per heavy atom. The van der Waals surface area contributed by atoms with Crippen LogP contribution >= 0.6 is 0 Å². The highest BCUT2D eigenvalue weighted by Crippen LogP contribution is 2.22. The lowest BCUT2D eigenvalue weighted by Gasteiger charge is -2.18. The van der Waals surface area contributed by atoms with Gasteiger partial charge in [0.05, 0.1) is 5.60 Å². The molecule has 0 aliphatic heterocycles. The second-order valence-corrected chi connectivity index (χ2v) is 6.27. The van der Waals surface area contributed by atoms with Crippen molar-refractivity contribution in [2.45, 2.75) is 26.1 Å². The van der Waals surface area contributed by atoms with Crippen LogP contribution < -0.4 is 4.74 Å². The van der Waals surface area contributed by atoms with Crippen molar-refractivity contribution in [2.75, 3.05) is 14.1 Å². The molecule has 4 heteroatoms. The van der Waals surface area contributed by atoms with Crippen LogP contribution in [0.15, 0.2) is 48.5 Å². The molecular weight excluding hydrogens is 290 g/mol. The van der Waals surface area contributed by atoms with Crippen molar-refractivity contribution in [3.05, 3.63) is 65.2 Å². The number of hydrogen-bond acceptors (Lipinski definition) is 3. The molecule has 0 spiro atoms. The van der Waals surface area contributed by atoms with Gasteiger partial charge in [0.25, 0.3) is 5.91 Å². The summed E-state index contributed by atoms with van der Waals surface area (Å²) < 4.78 is 5.75. The average molecular weight is 313 g/mol. The first kappa shape index (κ1) is 17.0. The lowest BCUT2D eigenvalue weighted by Crippen LogP contribution is -2.21. The van der Waals surface area contributed by atoms with E-state index in [9.17, 15) is 9.90 Å². The third-order valence-electron chi connectivity index (χ3n) is 3.55. The summed E-state index contributed by atoms with van der Waals surface area (Å²) in [5, 5.41) is 9.94. The molecule has 0 radical (unpaired) electrons. The fourth-order valence-electron chi connectivity index (χ4n) is 2.18. The van der Waals surface area contributed by atoms with E-state index in [0.717, 1.165) is 16.9 Å². The Balaban J connectivity index is 2.04. The van der Waals surface area contributed by atoms with E-state index in [1.807, 2.05) is 42.5 Å². The van der Waals surface area contributed by atoms with E-state index in [1.165, 1.54) is 0 Å². The number of hydrogen-bond donors (Lipinski definition) is 1. The normalized spacial score (nSPS) is 11.2. The van der Waals surface area contributed by atoms with Crippen LogP contribution in [0, 0.1) is 0 Å². The summed E-state index contributed by atoms with van der Waals surface area (Å²) in [4.78, 5) is 13.5. The molecule has 0 saturated carbocycles. The van der Waals surface area contributed by atoms with Crippen LogP contribution in [0.1, 0.15) is 35.3 Å². The fourth-order valence-corrected chi connectivity index (χ4v) is 2.18. The lowest BCUT2D eigenvalue weighted by atomic mass is 9.99. The third-order valence-corrected chi connectivity index (χ3v) is 3.55. The van der Waals surface area contributed by atoms with E-state index in [-0.39, 0.29) is 5.91 Å². The highest BCUT2D eigenvalue weighted by atomic mass is 16.5. The number of carbonyl (C=O) groups excluding carboxylic acids is 1. The highest BCUT2D eigenvalue weighted by molar-refractivity contribution is 5.94. The summed E-state index contributed by atoms with van der Waals surface area (Å²) in [6.07, 6.45) is 0. The molecule has 2 rings (SSSR count). The van der Waals surface area contributed by atoms with E-state index in [2.05, 4.69) is 0 Å². The molecule has 1 N–H and O–H groups in total. The zero-order valence-electron chi connectivity index (χ0n) is 14.0. The standard InChI is InChI=1S/C19H23NO3/c1-19(2,22)16-8-10-17(11-9-16)23-13-14-6-5-7-15(12-14)18(21)20(3)4/h5-12,22H,13H2,1-4H3. The molecule has 0 saturated heterocycles. The fraction of sp³-hybridized carbons (Fsp3) is 0.316. The predicted octanol–water partition coefficient (Wildman–Crippen LogP) is 3.19. The minimum Gasteiger partial charge on any atom is -0.489 e. The number of benzene rings is 2. The first-order valence-corrected chi connectivity index (χ1v) is 7.53. The van der Waals surface area contributed by atoms with Gasteiger partial charge >= 0.3 is 0 Å². The van der Waals surface area contributed by atoms with E-state index >= 15 is 0 Å². The molecule has 23 heavy (non-hydrogen) atoms. The Hall–Kier alpha value is -2.33. The minimum absolute atomic E-state index is 0.0265. The van der Waals surface area contributed by atoms with Gasteiger partial charge in [-0.25, -0.2) is 0 Å². The molecule has 0 unspecified atom stereocenters. The maximum absolute atomic E-state index is 12.0. The van der Waals surface area contributed by atoms with Gasteiger partial charge in [0.15, 0.2) is 0 Å². The summed E-state index contributed by atoms with van der Waals surface area (Å²) in [5.74, 6) is 0.698. The van der Waals surface area contributed by atoms with Gasteiger partial charge in [-0.05, 0) is 49.2 Å². The number of ether oxygens (including phenoxy) is 1. The number of amides is 1. The van der Waals surface area contributed by atoms with Crippen molar-refractivity contribution < 1.29 is 14.6 Å². The molecule has 2 aromatic rings. The Labute approximate surface area is 137 Å². The maximum atomic E-state index is 12.0. The minimum atomic E-state index is -0.862. The molecule has 1 amide bonds. The van der Waals surface area contributed by atoms with Crippen molar-refractivity contribution in [3.63, 3.8) is 0 Å². The average Bonchev–Trinajstić information content (AvgIpc) is 2.52. The van der Waals surface area contributed by atoms with Crippen molar-refractivity contribution >= 4 is 5.91 Å². The first-order chi connectivity index (χ1) is 10.8. The Morgan fingerprint density at radius 3 is 2.35 bits per heavy atom. The van der Waals surface area contributed by atoms with Gasteiger partial charge in [-0.15, -0.1) is 0 Å². The van der Waals surface area contributed by atoms with Crippen LogP contribution in [0.5, 0.6) is 5.75 Å². The summed E-state index contributed by atoms with van der Waals surface area (Å²) >= 11 is 0. The predicted molar refractivity (Wildman–Crippen MR) is 90.5 cm³/mol. The van der Waals surface area contributed by atoms with Gasteiger partial charge in [0.1, 0.15) is 12.4 Å². The largest absolute Gasteiger partial charge is 0.489 e. The second-order valence-electron chi connectivity index (χ2n) is 6.27. The van der Waals surface area contributed by atoms with E-state index < -0.39 is 5.60 Å². The van der Waals surface area contributed by atoms with E-state index in [1.54, 1.807) is 38.9 Å². The van der Waals surface area contributed by atoms with E-state index in [4.69, 9.17) is 4.74 Å². The van der Waals surface area contributed by atoms with Gasteiger partial charge in [-0.2, -0.15) is 0 Å². The summed E-state index contributed by atoms with van der Waals surface area (Å²) in [5.41, 5.74) is 1.56. The van der Waals surface area contributed by atoms with Crippen LogP contribution in [0.3, 0.4) is 0 Å². The molecule has 4 nitrogen and oxygen atoms in total. The molecule has 0 bridgehead atoms. The number of carbonyl (C=O) groups is 1. The lowest BCUT2D eigenvalue weighted by molar-refractivity contribution is 0.0784. The molecule has 0 fully saturated rings. The van der Waals surface area contributed by atoms with Crippen molar-refractivity contribution in [3.8, 4) is 5.75 Å². The van der Waals surface area contributed by atoms with Gasteiger partial charge in [-0.1, -0.05) is 24.3 Å². The third kappa shape index (κ3) is 4.57. The van der Waals surface area contributed by atoms with Crippen LogP contribution in [0.25, 0.3) is 0 Å². The summed E-state index contributed by atoms with van der Waals surface area (Å²) in [6, 6.07) is 14.8. The number of nitrogens with zero attached hydrogens (tertiary/aromatic N) is 1. The molecule has 122 valence electrons. The monoisotopic (exact) mass is 313 g/mol. The molecule has 0 aliphatic carbocycles. The molecule has 0 aliphatic rings. The van der Waals surface area contributed by atoms with Gasteiger partial charge in [0, 0.05) is 19.7 Å². The van der Waals surface area contributed by atoms with Crippen molar-refractivity contribution in [1.29, 1.82) is 0 Å². The Bertz CT molecular complexity index is 670. The molecular formula is C19H23NO3. The molecule has 0 heterocycles. The van der Waals surface area contributed by atoms with Crippen LogP contribution in [0.4, 0.5) is 0 Å². The van der Waals surface area contributed by atoms with Crippen LogP contribution in [-0.2, 0) is 12.2 Å². The van der Waals surface area contributed by atoms with Crippen molar-refractivity contribution in [1.82, 2.24) is 4.90 Å². The molecule has 2 aromatic carbocycles. The van der Waals surface area contributed by atoms with Gasteiger partial charge in [-0.3, -0.25) is 4.79 Å². The Kier molecular flexibility index (Phi) is 5.06. The van der Waals surface area contributed by atoms with Crippen LogP contribution in [-0.4, -0.2) is 30.0 Å². The SMILES string of the molecule is CN(C)C(=O)c1cccc(COc2ccc(C(C)(C)O)cc2)c1. The quantitative estimate of drug-likeness (QED) is 0.922. The van der Waals surface area contributed by atoms with Gasteiger partial charge < -0.3 is 14.7 Å². The topological polar surface area (TPSA) is 49.8 Å². The Morgan fingerprint density at radius 2 is 1.78 bits per heavy atom. The molecule has 0 aromatic heterocycles. The summed E-state index contributed by atoms with van der Waals surface area (Å²) in [7, 11) is 3.46. The number of rotatable bonds is 5. The zero-order chi connectivity index (χ0) is 17.0. The van der Waals surface area contributed by atoms with Gasteiger partial charge in [0.2, 0.25) is 0 Å².